The van der Waals surface area contributed by atoms with Crippen molar-refractivity contribution in [2.24, 2.45) is 0 Å². The Labute approximate surface area is 78.8 Å². The summed E-state index contributed by atoms with van der Waals surface area (Å²) in [6, 6.07) is 0. The standard InChI is InChI=1S/C7H9NO2S2/c1-5(7(9)10)12-3-6-2-11-4-8-6/h2,4-5H,3H2,1H3,(H,9,10). The zero-order valence-electron chi connectivity index (χ0n) is 6.56. The fraction of sp³-hybridized carbons (Fsp3) is 0.429. The van der Waals surface area contributed by atoms with Crippen LogP contribution in [0.25, 0.3) is 0 Å². The Kier molecular flexibility index (Phi) is 3.55. The fourth-order valence-corrected chi connectivity index (χ4v) is 1.98. The molecule has 0 saturated heterocycles. The first kappa shape index (κ1) is 9.54. The third-order valence-electron chi connectivity index (χ3n) is 1.31. The monoisotopic (exact) mass is 203 g/mol. The van der Waals surface area contributed by atoms with Crippen LogP contribution in [0, 0.1) is 0 Å². The number of carboxylic acid groups (broad SMARTS) is 1. The number of hydrogen-bond acceptors (Lipinski definition) is 4. The van der Waals surface area contributed by atoms with Crippen molar-refractivity contribution in [3.8, 4) is 0 Å². The molecule has 0 aliphatic heterocycles. The van der Waals surface area contributed by atoms with Gasteiger partial charge in [0.1, 0.15) is 0 Å². The van der Waals surface area contributed by atoms with Crippen molar-refractivity contribution >= 4 is 29.1 Å². The molecule has 0 amide bonds. The Balaban J connectivity index is 2.31. The Morgan fingerprint density at radius 1 is 1.92 bits per heavy atom. The van der Waals surface area contributed by atoms with E-state index < -0.39 is 5.97 Å². The van der Waals surface area contributed by atoms with E-state index in [4.69, 9.17) is 5.11 Å². The van der Waals surface area contributed by atoms with Gasteiger partial charge in [0.25, 0.3) is 0 Å². The summed E-state index contributed by atoms with van der Waals surface area (Å²) in [4.78, 5) is 14.5. The summed E-state index contributed by atoms with van der Waals surface area (Å²) < 4.78 is 0. The van der Waals surface area contributed by atoms with Crippen LogP contribution in [-0.2, 0) is 10.5 Å². The molecule has 0 aliphatic carbocycles. The predicted molar refractivity (Wildman–Crippen MR) is 50.5 cm³/mol. The average Bonchev–Trinajstić information content (AvgIpc) is 2.51. The molecular formula is C7H9NO2S2. The number of aliphatic carboxylic acids is 1. The molecule has 0 aromatic carbocycles. The molecule has 5 heteroatoms. The molecular weight excluding hydrogens is 194 g/mol. The second-order valence-corrected chi connectivity index (χ2v) is 4.32. The number of carboxylic acids is 1. The Hall–Kier alpha value is -0.550. The summed E-state index contributed by atoms with van der Waals surface area (Å²) in [6.45, 7) is 1.68. The highest BCUT2D eigenvalue weighted by molar-refractivity contribution is 7.99. The minimum absolute atomic E-state index is 0.355. The van der Waals surface area contributed by atoms with E-state index in [1.165, 1.54) is 23.1 Å². The molecule has 0 bridgehead atoms. The highest BCUT2D eigenvalue weighted by atomic mass is 32.2. The van der Waals surface area contributed by atoms with Gasteiger partial charge >= 0.3 is 5.97 Å². The quantitative estimate of drug-likeness (QED) is 0.811. The number of thioether (sulfide) groups is 1. The normalized spacial score (nSPS) is 12.8. The van der Waals surface area contributed by atoms with E-state index in [1.807, 2.05) is 5.38 Å². The second-order valence-electron chi connectivity index (χ2n) is 2.27. The molecule has 0 saturated carbocycles. The van der Waals surface area contributed by atoms with E-state index in [9.17, 15) is 4.79 Å². The van der Waals surface area contributed by atoms with Gasteiger partial charge in [0.2, 0.25) is 0 Å². The van der Waals surface area contributed by atoms with Crippen LogP contribution in [0.1, 0.15) is 12.6 Å². The van der Waals surface area contributed by atoms with Crippen molar-refractivity contribution in [2.75, 3.05) is 0 Å². The molecule has 0 spiro atoms. The van der Waals surface area contributed by atoms with Gasteiger partial charge in [-0.2, -0.15) is 0 Å². The zero-order chi connectivity index (χ0) is 8.97. The lowest BCUT2D eigenvalue weighted by atomic mass is 10.5. The molecule has 1 unspecified atom stereocenters. The maximum absolute atomic E-state index is 10.4. The van der Waals surface area contributed by atoms with Gasteiger partial charge in [-0.15, -0.1) is 23.1 Å². The summed E-state index contributed by atoms with van der Waals surface area (Å²) in [5, 5.41) is 10.1. The molecule has 0 radical (unpaired) electrons. The van der Waals surface area contributed by atoms with Gasteiger partial charge in [0.15, 0.2) is 0 Å². The minimum atomic E-state index is -0.768. The first-order valence-corrected chi connectivity index (χ1v) is 5.41. The number of thiazole rings is 1. The smallest absolute Gasteiger partial charge is 0.316 e. The third-order valence-corrected chi connectivity index (χ3v) is 3.11. The van der Waals surface area contributed by atoms with Crippen LogP contribution >= 0.6 is 23.1 Å². The van der Waals surface area contributed by atoms with E-state index in [2.05, 4.69) is 4.98 Å². The summed E-state index contributed by atoms with van der Waals surface area (Å²) in [6.07, 6.45) is 0. The summed E-state index contributed by atoms with van der Waals surface area (Å²) in [7, 11) is 0. The van der Waals surface area contributed by atoms with Gasteiger partial charge < -0.3 is 5.11 Å². The van der Waals surface area contributed by atoms with E-state index in [0.717, 1.165) is 5.69 Å². The van der Waals surface area contributed by atoms with Crippen molar-refractivity contribution in [3.63, 3.8) is 0 Å². The SMILES string of the molecule is CC(SCc1cscn1)C(=O)O. The van der Waals surface area contributed by atoms with Gasteiger partial charge in [-0.3, -0.25) is 4.79 Å². The van der Waals surface area contributed by atoms with Crippen LogP contribution in [0.3, 0.4) is 0 Å². The van der Waals surface area contributed by atoms with Gasteiger partial charge in [-0.25, -0.2) is 4.98 Å². The number of aromatic nitrogens is 1. The van der Waals surface area contributed by atoms with Crippen LogP contribution in [0.4, 0.5) is 0 Å². The summed E-state index contributed by atoms with van der Waals surface area (Å²) in [5.74, 6) is -0.0908. The van der Waals surface area contributed by atoms with Crippen molar-refractivity contribution in [3.05, 3.63) is 16.6 Å². The molecule has 1 aromatic rings. The zero-order valence-corrected chi connectivity index (χ0v) is 8.19. The van der Waals surface area contributed by atoms with Crippen LogP contribution in [0.5, 0.6) is 0 Å². The highest BCUT2D eigenvalue weighted by Gasteiger charge is 2.11. The van der Waals surface area contributed by atoms with E-state index in [1.54, 1.807) is 12.4 Å². The first-order chi connectivity index (χ1) is 5.70. The number of hydrogen-bond donors (Lipinski definition) is 1. The van der Waals surface area contributed by atoms with Gasteiger partial charge in [0.05, 0.1) is 16.5 Å². The molecule has 66 valence electrons. The van der Waals surface area contributed by atoms with E-state index >= 15 is 0 Å². The van der Waals surface area contributed by atoms with Crippen molar-refractivity contribution in [1.82, 2.24) is 4.98 Å². The molecule has 12 heavy (non-hydrogen) atoms. The summed E-state index contributed by atoms with van der Waals surface area (Å²) >= 11 is 2.91. The van der Waals surface area contributed by atoms with Crippen LogP contribution in [0.2, 0.25) is 0 Å². The first-order valence-electron chi connectivity index (χ1n) is 3.41. The maximum Gasteiger partial charge on any atom is 0.316 e. The molecule has 1 atom stereocenters. The highest BCUT2D eigenvalue weighted by Crippen LogP contribution is 2.17. The number of nitrogens with zero attached hydrogens (tertiary/aromatic N) is 1. The molecule has 3 nitrogen and oxygen atoms in total. The van der Waals surface area contributed by atoms with E-state index in [-0.39, 0.29) is 5.25 Å². The Morgan fingerprint density at radius 2 is 2.67 bits per heavy atom. The third kappa shape index (κ3) is 2.83. The molecule has 1 heterocycles. The second kappa shape index (κ2) is 4.47. The van der Waals surface area contributed by atoms with Crippen LogP contribution < -0.4 is 0 Å². The molecule has 0 fully saturated rings. The Morgan fingerprint density at radius 3 is 3.17 bits per heavy atom. The average molecular weight is 203 g/mol. The fourth-order valence-electron chi connectivity index (χ4n) is 0.590. The van der Waals surface area contributed by atoms with Crippen LogP contribution in [-0.4, -0.2) is 21.3 Å². The largest absolute Gasteiger partial charge is 0.480 e. The number of carbonyl (C=O) groups is 1. The maximum atomic E-state index is 10.4. The van der Waals surface area contributed by atoms with Crippen LogP contribution in [0.15, 0.2) is 10.9 Å². The van der Waals surface area contributed by atoms with Gasteiger partial charge in [0, 0.05) is 11.1 Å². The predicted octanol–water partition coefficient (Wildman–Crippen LogP) is 1.85. The number of rotatable bonds is 4. The van der Waals surface area contributed by atoms with E-state index in [0.29, 0.717) is 5.75 Å². The Bertz CT molecular complexity index is 248. The van der Waals surface area contributed by atoms with Crippen molar-refractivity contribution in [2.45, 2.75) is 17.9 Å². The van der Waals surface area contributed by atoms with Crippen molar-refractivity contribution < 1.29 is 9.90 Å². The lowest BCUT2D eigenvalue weighted by Gasteiger charge is -2.02. The lowest BCUT2D eigenvalue weighted by molar-refractivity contribution is -0.136. The summed E-state index contributed by atoms with van der Waals surface area (Å²) in [5.41, 5.74) is 2.71. The molecule has 0 aliphatic rings. The molecule has 1 aromatic heterocycles. The molecule has 1 N–H and O–H groups in total. The van der Waals surface area contributed by atoms with Gasteiger partial charge in [-0.05, 0) is 6.92 Å². The van der Waals surface area contributed by atoms with Crippen molar-refractivity contribution in [1.29, 1.82) is 0 Å². The van der Waals surface area contributed by atoms with Gasteiger partial charge in [-0.1, -0.05) is 0 Å². The lowest BCUT2D eigenvalue weighted by Crippen LogP contribution is -2.11. The molecule has 1 rings (SSSR count). The topological polar surface area (TPSA) is 50.2 Å². The minimum Gasteiger partial charge on any atom is -0.480 e.